The van der Waals surface area contributed by atoms with Crippen molar-refractivity contribution in [3.63, 3.8) is 0 Å². The number of piperazine rings is 1. The minimum absolute atomic E-state index is 0.525. The van der Waals surface area contributed by atoms with Gasteiger partial charge in [-0.3, -0.25) is 4.90 Å². The first-order chi connectivity index (χ1) is 11.2. The molecule has 0 spiro atoms. The van der Waals surface area contributed by atoms with Gasteiger partial charge in [0.1, 0.15) is 5.76 Å². The fraction of sp³-hybridized carbons (Fsp3) is 0.500. The van der Waals surface area contributed by atoms with E-state index in [1.165, 1.54) is 12.1 Å². The van der Waals surface area contributed by atoms with E-state index in [1.54, 1.807) is 6.26 Å². The number of hydrogen-bond donors (Lipinski definition) is 0. The summed E-state index contributed by atoms with van der Waals surface area (Å²) in [5.74, 6) is 2.28. The lowest BCUT2D eigenvalue weighted by Crippen LogP contribution is -2.46. The van der Waals surface area contributed by atoms with Crippen LogP contribution in [0.4, 0.5) is 5.69 Å². The molecule has 1 fully saturated rings. The van der Waals surface area contributed by atoms with Crippen molar-refractivity contribution in [2.45, 2.75) is 26.2 Å². The van der Waals surface area contributed by atoms with Crippen molar-refractivity contribution in [1.29, 1.82) is 0 Å². The molecule has 1 aliphatic heterocycles. The summed E-state index contributed by atoms with van der Waals surface area (Å²) in [5.41, 5.74) is 1.35. The Morgan fingerprint density at radius 2 is 1.70 bits per heavy atom. The van der Waals surface area contributed by atoms with Crippen LogP contribution in [0.25, 0.3) is 0 Å². The number of nitrogens with zero attached hydrogens (tertiary/aromatic N) is 2. The summed E-state index contributed by atoms with van der Waals surface area (Å²) in [7, 11) is 0. The average molecular weight is 312 g/mol. The summed E-state index contributed by atoms with van der Waals surface area (Å²) < 4.78 is 5.64. The molecule has 1 aromatic heterocycles. The third-order valence-electron chi connectivity index (χ3n) is 4.96. The second-order valence-corrected chi connectivity index (χ2v) is 6.82. The zero-order valence-electron chi connectivity index (χ0n) is 14.3. The maximum Gasteiger partial charge on any atom is 0.107 e. The van der Waals surface area contributed by atoms with Gasteiger partial charge in [-0.2, -0.15) is 0 Å². The summed E-state index contributed by atoms with van der Waals surface area (Å²) in [6.07, 6.45) is 2.97. The van der Waals surface area contributed by atoms with Gasteiger partial charge in [-0.05, 0) is 43.1 Å². The molecule has 0 saturated carbocycles. The Morgan fingerprint density at radius 1 is 0.957 bits per heavy atom. The van der Waals surface area contributed by atoms with Crippen LogP contribution in [0, 0.1) is 5.92 Å². The molecule has 124 valence electrons. The van der Waals surface area contributed by atoms with E-state index in [2.05, 4.69) is 60.0 Å². The smallest absolute Gasteiger partial charge is 0.107 e. The van der Waals surface area contributed by atoms with Crippen molar-refractivity contribution < 1.29 is 4.42 Å². The Labute approximate surface area is 139 Å². The van der Waals surface area contributed by atoms with Crippen LogP contribution < -0.4 is 4.90 Å². The van der Waals surface area contributed by atoms with Crippen LogP contribution in [0.1, 0.15) is 31.9 Å². The lowest BCUT2D eigenvalue weighted by Gasteiger charge is -2.36. The molecule has 0 bridgehead atoms. The quantitative estimate of drug-likeness (QED) is 0.796. The van der Waals surface area contributed by atoms with Crippen LogP contribution in [0.5, 0.6) is 0 Å². The van der Waals surface area contributed by atoms with Crippen molar-refractivity contribution in [2.75, 3.05) is 37.6 Å². The van der Waals surface area contributed by atoms with Gasteiger partial charge in [0.25, 0.3) is 0 Å². The fourth-order valence-electron chi connectivity index (χ4n) is 3.50. The minimum Gasteiger partial charge on any atom is -0.469 e. The average Bonchev–Trinajstić information content (AvgIpc) is 3.10. The highest BCUT2D eigenvalue weighted by atomic mass is 16.3. The third-order valence-corrected chi connectivity index (χ3v) is 4.96. The normalized spacial score (nSPS) is 17.6. The first-order valence-corrected chi connectivity index (χ1v) is 8.80. The first-order valence-electron chi connectivity index (χ1n) is 8.80. The molecule has 2 aromatic rings. The van der Waals surface area contributed by atoms with E-state index in [4.69, 9.17) is 4.42 Å². The number of hydrogen-bond acceptors (Lipinski definition) is 3. The van der Waals surface area contributed by atoms with Crippen molar-refractivity contribution in [2.24, 2.45) is 5.92 Å². The summed E-state index contributed by atoms with van der Waals surface area (Å²) in [6.45, 7) is 10.3. The maximum atomic E-state index is 5.64. The molecule has 3 heteroatoms. The van der Waals surface area contributed by atoms with Crippen molar-refractivity contribution in [3.05, 3.63) is 54.5 Å². The molecular formula is C20H28N2O. The Kier molecular flexibility index (Phi) is 5.39. The highest BCUT2D eigenvalue weighted by Crippen LogP contribution is 2.28. The van der Waals surface area contributed by atoms with Crippen molar-refractivity contribution in [3.8, 4) is 0 Å². The molecule has 0 aliphatic carbocycles. The predicted molar refractivity (Wildman–Crippen MR) is 96.0 cm³/mol. The van der Waals surface area contributed by atoms with Crippen LogP contribution in [0.15, 0.2) is 53.1 Å². The molecule has 1 aliphatic rings. The molecule has 0 radical (unpaired) electrons. The van der Waals surface area contributed by atoms with E-state index in [0.717, 1.165) is 38.5 Å². The van der Waals surface area contributed by atoms with Crippen molar-refractivity contribution in [1.82, 2.24) is 4.90 Å². The minimum atomic E-state index is 0.525. The van der Waals surface area contributed by atoms with Crippen LogP contribution in [0.2, 0.25) is 0 Å². The van der Waals surface area contributed by atoms with Crippen molar-refractivity contribution >= 4 is 5.69 Å². The standard InChI is InChI=1S/C20H28N2O/c1-17(2)19(20-9-6-16-23-20)10-11-21-12-14-22(15-13-21)18-7-4-3-5-8-18/h3-9,16-17,19H,10-15H2,1-2H3. The van der Waals surface area contributed by atoms with Gasteiger partial charge in [0, 0.05) is 37.8 Å². The number of para-hydroxylation sites is 1. The largest absolute Gasteiger partial charge is 0.469 e. The number of benzene rings is 1. The predicted octanol–water partition coefficient (Wildman–Crippen LogP) is 4.23. The molecule has 1 unspecified atom stereocenters. The molecule has 1 atom stereocenters. The number of anilines is 1. The van der Waals surface area contributed by atoms with E-state index in [1.807, 2.05) is 6.07 Å². The van der Waals surface area contributed by atoms with E-state index < -0.39 is 0 Å². The van der Waals surface area contributed by atoms with Gasteiger partial charge in [0.05, 0.1) is 6.26 Å². The molecule has 1 saturated heterocycles. The Balaban J connectivity index is 1.49. The summed E-state index contributed by atoms with van der Waals surface area (Å²) in [5, 5.41) is 0. The molecular weight excluding hydrogens is 284 g/mol. The van der Waals surface area contributed by atoms with E-state index in [9.17, 15) is 0 Å². The van der Waals surface area contributed by atoms with E-state index in [0.29, 0.717) is 11.8 Å². The zero-order valence-corrected chi connectivity index (χ0v) is 14.3. The molecule has 0 N–H and O–H groups in total. The number of furan rings is 1. The van der Waals surface area contributed by atoms with Gasteiger partial charge in [-0.15, -0.1) is 0 Å². The highest BCUT2D eigenvalue weighted by Gasteiger charge is 2.22. The topological polar surface area (TPSA) is 19.6 Å². The van der Waals surface area contributed by atoms with Gasteiger partial charge in [-0.25, -0.2) is 0 Å². The molecule has 3 nitrogen and oxygen atoms in total. The van der Waals surface area contributed by atoms with Gasteiger partial charge in [-0.1, -0.05) is 32.0 Å². The van der Waals surface area contributed by atoms with Gasteiger partial charge >= 0.3 is 0 Å². The third kappa shape index (κ3) is 4.17. The Bertz CT molecular complexity index is 557. The second-order valence-electron chi connectivity index (χ2n) is 6.82. The second kappa shape index (κ2) is 7.69. The fourth-order valence-corrected chi connectivity index (χ4v) is 3.50. The molecule has 23 heavy (non-hydrogen) atoms. The molecule has 1 aromatic carbocycles. The van der Waals surface area contributed by atoms with Crippen LogP contribution in [-0.4, -0.2) is 37.6 Å². The number of rotatable bonds is 6. The monoisotopic (exact) mass is 312 g/mol. The van der Waals surface area contributed by atoms with Gasteiger partial charge < -0.3 is 9.32 Å². The SMILES string of the molecule is CC(C)C(CCN1CCN(c2ccccc2)CC1)c1ccco1. The molecule has 0 amide bonds. The Morgan fingerprint density at radius 3 is 2.30 bits per heavy atom. The maximum absolute atomic E-state index is 5.64. The first kappa shape index (κ1) is 16.1. The highest BCUT2D eigenvalue weighted by molar-refractivity contribution is 5.46. The van der Waals surface area contributed by atoms with Crippen LogP contribution in [0.3, 0.4) is 0 Å². The van der Waals surface area contributed by atoms with E-state index in [-0.39, 0.29) is 0 Å². The van der Waals surface area contributed by atoms with Crippen LogP contribution in [-0.2, 0) is 0 Å². The summed E-state index contributed by atoms with van der Waals surface area (Å²) in [4.78, 5) is 5.08. The summed E-state index contributed by atoms with van der Waals surface area (Å²) >= 11 is 0. The Hall–Kier alpha value is -1.74. The van der Waals surface area contributed by atoms with Gasteiger partial charge in [0.15, 0.2) is 0 Å². The molecule has 2 heterocycles. The van der Waals surface area contributed by atoms with Crippen LogP contribution >= 0.6 is 0 Å². The lowest BCUT2D eigenvalue weighted by atomic mass is 9.90. The zero-order chi connectivity index (χ0) is 16.1. The molecule has 3 rings (SSSR count). The lowest BCUT2D eigenvalue weighted by molar-refractivity contribution is 0.234. The van der Waals surface area contributed by atoms with Gasteiger partial charge in [0.2, 0.25) is 0 Å². The van der Waals surface area contributed by atoms with E-state index >= 15 is 0 Å². The summed E-state index contributed by atoms with van der Waals surface area (Å²) in [6, 6.07) is 14.9.